The fourth-order valence-electron chi connectivity index (χ4n) is 0.984. The minimum atomic E-state index is -3.71. The molecule has 0 aliphatic carbocycles. The van der Waals surface area contributed by atoms with E-state index in [1.807, 2.05) is 4.72 Å². The Balaban J connectivity index is 3.40. The molecule has 0 saturated carbocycles. The van der Waals surface area contributed by atoms with Crippen LogP contribution in [0.25, 0.3) is 0 Å². The maximum absolute atomic E-state index is 11.3. The Morgan fingerprint density at radius 1 is 1.40 bits per heavy atom. The Labute approximate surface area is 86.1 Å². The van der Waals surface area contributed by atoms with Crippen LogP contribution >= 0.6 is 0 Å². The van der Waals surface area contributed by atoms with Crippen molar-refractivity contribution in [2.75, 3.05) is 12.8 Å². The van der Waals surface area contributed by atoms with Crippen LogP contribution < -0.4 is 10.5 Å². The largest absolute Gasteiger partial charge is 0.398 e. The van der Waals surface area contributed by atoms with E-state index in [-0.39, 0.29) is 16.3 Å². The summed E-state index contributed by atoms with van der Waals surface area (Å²) in [6.07, 6.45) is 0. The maximum Gasteiger partial charge on any atom is 0.272 e. The van der Waals surface area contributed by atoms with Crippen molar-refractivity contribution in [1.82, 2.24) is 4.72 Å². The van der Waals surface area contributed by atoms with E-state index in [1.165, 1.54) is 7.05 Å². The molecular weight excluding hydrogens is 222 g/mol. The fourth-order valence-corrected chi connectivity index (χ4v) is 1.79. The molecule has 1 aromatic carbocycles. The zero-order valence-corrected chi connectivity index (χ0v) is 8.61. The normalized spacial score (nSPS) is 11.3. The minimum absolute atomic E-state index is 0.0259. The number of nitrogens with zero attached hydrogens (tertiary/aromatic N) is 1. The number of nitrogens with two attached hydrogens (primary N) is 1. The van der Waals surface area contributed by atoms with Crippen LogP contribution in [0.4, 0.5) is 11.4 Å². The summed E-state index contributed by atoms with van der Waals surface area (Å²) in [6.45, 7) is 0. The van der Waals surface area contributed by atoms with Gasteiger partial charge in [0.05, 0.1) is 9.82 Å². The lowest BCUT2D eigenvalue weighted by molar-refractivity contribution is -0.385. The van der Waals surface area contributed by atoms with Gasteiger partial charge in [-0.1, -0.05) is 0 Å². The smallest absolute Gasteiger partial charge is 0.272 e. The Kier molecular flexibility index (Phi) is 2.91. The van der Waals surface area contributed by atoms with E-state index in [0.29, 0.717) is 0 Å². The van der Waals surface area contributed by atoms with Crippen LogP contribution in [0.2, 0.25) is 0 Å². The molecule has 0 spiro atoms. The molecule has 3 N–H and O–H groups in total. The van der Waals surface area contributed by atoms with E-state index in [1.54, 1.807) is 0 Å². The van der Waals surface area contributed by atoms with Crippen molar-refractivity contribution in [3.63, 3.8) is 0 Å². The van der Waals surface area contributed by atoms with Gasteiger partial charge in [0.2, 0.25) is 10.0 Å². The quantitative estimate of drug-likeness (QED) is 0.434. The minimum Gasteiger partial charge on any atom is -0.398 e. The van der Waals surface area contributed by atoms with Gasteiger partial charge in [-0.05, 0) is 13.1 Å². The number of sulfonamides is 1. The first-order valence-electron chi connectivity index (χ1n) is 3.85. The number of nitrogen functional groups attached to an aromatic ring is 1. The first-order chi connectivity index (χ1) is 6.86. The molecule has 0 aromatic heterocycles. The Morgan fingerprint density at radius 3 is 2.47 bits per heavy atom. The SMILES string of the molecule is CNS(=O)(=O)c1cc(N)cc([N+](=O)[O-])c1. The zero-order chi connectivity index (χ0) is 11.6. The lowest BCUT2D eigenvalue weighted by Gasteiger charge is -2.03. The molecule has 0 atom stereocenters. The molecule has 0 amide bonds. The molecule has 0 radical (unpaired) electrons. The van der Waals surface area contributed by atoms with Crippen molar-refractivity contribution in [2.24, 2.45) is 0 Å². The van der Waals surface area contributed by atoms with Crippen LogP contribution in [0.5, 0.6) is 0 Å². The van der Waals surface area contributed by atoms with Crippen molar-refractivity contribution in [1.29, 1.82) is 0 Å². The summed E-state index contributed by atoms with van der Waals surface area (Å²) < 4.78 is 24.7. The van der Waals surface area contributed by atoms with E-state index < -0.39 is 14.9 Å². The van der Waals surface area contributed by atoms with Crippen LogP contribution in [-0.4, -0.2) is 20.4 Å². The highest BCUT2D eigenvalue weighted by Crippen LogP contribution is 2.21. The summed E-state index contributed by atoms with van der Waals surface area (Å²) in [5, 5.41) is 10.5. The van der Waals surface area contributed by atoms with Crippen molar-refractivity contribution in [3.05, 3.63) is 28.3 Å². The number of anilines is 1. The Hall–Kier alpha value is -1.67. The summed E-state index contributed by atoms with van der Waals surface area (Å²) in [6, 6.07) is 3.19. The first kappa shape index (κ1) is 11.4. The van der Waals surface area contributed by atoms with Gasteiger partial charge in [0.25, 0.3) is 5.69 Å². The first-order valence-corrected chi connectivity index (χ1v) is 5.33. The maximum atomic E-state index is 11.3. The molecule has 0 saturated heterocycles. The van der Waals surface area contributed by atoms with E-state index in [4.69, 9.17) is 5.73 Å². The number of benzene rings is 1. The summed E-state index contributed by atoms with van der Waals surface area (Å²) in [7, 11) is -2.50. The fraction of sp³-hybridized carbons (Fsp3) is 0.143. The van der Waals surface area contributed by atoms with Gasteiger partial charge in [-0.15, -0.1) is 0 Å². The van der Waals surface area contributed by atoms with Crippen molar-refractivity contribution in [2.45, 2.75) is 4.90 Å². The molecule has 0 fully saturated rings. The van der Waals surface area contributed by atoms with Gasteiger partial charge in [-0.2, -0.15) is 0 Å². The molecule has 0 unspecified atom stereocenters. The second-order valence-electron chi connectivity index (χ2n) is 2.72. The number of nitro groups is 1. The lowest BCUT2D eigenvalue weighted by Crippen LogP contribution is -2.18. The summed E-state index contributed by atoms with van der Waals surface area (Å²) >= 11 is 0. The molecule has 0 aliphatic rings. The predicted octanol–water partition coefficient (Wildman–Crippen LogP) is 0.0851. The van der Waals surface area contributed by atoms with Gasteiger partial charge in [-0.25, -0.2) is 13.1 Å². The van der Waals surface area contributed by atoms with Gasteiger partial charge >= 0.3 is 0 Å². The van der Waals surface area contributed by atoms with Crippen LogP contribution in [-0.2, 0) is 10.0 Å². The number of nitrogens with one attached hydrogen (secondary N) is 1. The molecule has 1 rings (SSSR count). The van der Waals surface area contributed by atoms with Crippen LogP contribution in [0.3, 0.4) is 0 Å². The van der Waals surface area contributed by atoms with E-state index in [2.05, 4.69) is 0 Å². The Morgan fingerprint density at radius 2 is 2.00 bits per heavy atom. The zero-order valence-electron chi connectivity index (χ0n) is 7.80. The van der Waals surface area contributed by atoms with E-state index in [0.717, 1.165) is 18.2 Å². The third-order valence-corrected chi connectivity index (χ3v) is 3.10. The average Bonchev–Trinajstić information content (AvgIpc) is 2.16. The van der Waals surface area contributed by atoms with E-state index in [9.17, 15) is 18.5 Å². The molecule has 8 heteroatoms. The highest BCUT2D eigenvalue weighted by atomic mass is 32.2. The van der Waals surface area contributed by atoms with Gasteiger partial charge in [-0.3, -0.25) is 10.1 Å². The Bertz CT molecular complexity index is 497. The highest BCUT2D eigenvalue weighted by molar-refractivity contribution is 7.89. The molecule has 0 heterocycles. The van der Waals surface area contributed by atoms with Gasteiger partial charge < -0.3 is 5.73 Å². The second-order valence-corrected chi connectivity index (χ2v) is 4.61. The van der Waals surface area contributed by atoms with Crippen LogP contribution in [0, 0.1) is 10.1 Å². The van der Waals surface area contributed by atoms with Crippen molar-refractivity contribution in [3.8, 4) is 0 Å². The highest BCUT2D eigenvalue weighted by Gasteiger charge is 2.17. The van der Waals surface area contributed by atoms with Gasteiger partial charge in [0.15, 0.2) is 0 Å². The average molecular weight is 231 g/mol. The molecule has 7 nitrogen and oxygen atoms in total. The summed E-state index contributed by atoms with van der Waals surface area (Å²) in [5.74, 6) is 0. The predicted molar refractivity (Wildman–Crippen MR) is 53.8 cm³/mol. The third-order valence-electron chi connectivity index (χ3n) is 1.70. The molecule has 1 aromatic rings. The number of non-ortho nitro benzene ring substituents is 1. The number of rotatable bonds is 3. The van der Waals surface area contributed by atoms with Gasteiger partial charge in [0, 0.05) is 17.8 Å². The van der Waals surface area contributed by atoms with E-state index >= 15 is 0 Å². The molecule has 82 valence electrons. The van der Waals surface area contributed by atoms with Gasteiger partial charge in [0.1, 0.15) is 0 Å². The van der Waals surface area contributed by atoms with Crippen molar-refractivity contribution >= 4 is 21.4 Å². The lowest BCUT2D eigenvalue weighted by atomic mass is 10.3. The molecule has 15 heavy (non-hydrogen) atoms. The number of hydrogen-bond donors (Lipinski definition) is 2. The molecule has 0 bridgehead atoms. The second kappa shape index (κ2) is 3.83. The summed E-state index contributed by atoms with van der Waals surface area (Å²) in [5.41, 5.74) is 5.02. The van der Waals surface area contributed by atoms with Crippen LogP contribution in [0.1, 0.15) is 0 Å². The van der Waals surface area contributed by atoms with Crippen molar-refractivity contribution < 1.29 is 13.3 Å². The number of hydrogen-bond acceptors (Lipinski definition) is 5. The molecular formula is C7H9N3O4S. The summed E-state index contributed by atoms with van der Waals surface area (Å²) in [4.78, 5) is 9.53. The molecule has 0 aliphatic heterocycles. The topological polar surface area (TPSA) is 115 Å². The number of nitro benzene ring substituents is 1. The van der Waals surface area contributed by atoms with Crippen LogP contribution in [0.15, 0.2) is 23.1 Å². The monoisotopic (exact) mass is 231 g/mol. The third kappa shape index (κ3) is 2.42. The standard InChI is InChI=1S/C7H9N3O4S/c1-9-15(13,14)7-3-5(8)2-6(4-7)10(11)12/h2-4,9H,8H2,1H3.